The van der Waals surface area contributed by atoms with Crippen molar-refractivity contribution in [3.63, 3.8) is 0 Å². The van der Waals surface area contributed by atoms with Crippen LogP contribution < -0.4 is 22.3 Å². The highest BCUT2D eigenvalue weighted by Gasteiger charge is 2.44. The third-order valence-corrected chi connectivity index (χ3v) is 7.43. The second-order valence-corrected chi connectivity index (χ2v) is 10.7. The standard InChI is InChI=1S/C30H39N3O4.BrH/c1-31-28(34)24-16-14-23(15-17-24)22-36-19-18-33(2,3)21-27-20-32-29(37-27)30(35,25-10-6-4-7-11-25)26-12-8-5-9-13-26;/h4,6-7,10-11,14-17,20,26,35H,5,8-9,12-13,18-19,21-22H2,1-3H3;1H/t30-;/m0./s1. The molecule has 1 aliphatic carbocycles. The minimum atomic E-state index is -1.21. The first-order valence-corrected chi connectivity index (χ1v) is 13.3. The lowest BCUT2D eigenvalue weighted by molar-refractivity contribution is -0.905. The van der Waals surface area contributed by atoms with Crippen LogP contribution in [0.4, 0.5) is 0 Å². The normalized spacial score (nSPS) is 15.9. The van der Waals surface area contributed by atoms with Crippen LogP contribution >= 0.6 is 0 Å². The van der Waals surface area contributed by atoms with Crippen molar-refractivity contribution in [3.05, 3.63) is 89.1 Å². The van der Waals surface area contributed by atoms with E-state index in [1.165, 1.54) is 6.42 Å². The van der Waals surface area contributed by atoms with Gasteiger partial charge in [-0.05, 0) is 36.1 Å². The molecule has 1 aliphatic rings. The first kappa shape index (κ1) is 30.0. The molecule has 0 aliphatic heterocycles. The molecule has 7 nitrogen and oxygen atoms in total. The molecule has 4 rings (SSSR count). The summed E-state index contributed by atoms with van der Waals surface area (Å²) in [7, 11) is 5.89. The van der Waals surface area contributed by atoms with Crippen molar-refractivity contribution in [1.82, 2.24) is 10.3 Å². The van der Waals surface area contributed by atoms with E-state index >= 15 is 0 Å². The number of carbonyl (C=O) groups is 1. The zero-order valence-corrected chi connectivity index (χ0v) is 24.2. The number of quaternary nitrogens is 1. The molecular formula is C30H40BrN3O4. The van der Waals surface area contributed by atoms with Gasteiger partial charge in [0, 0.05) is 18.5 Å². The van der Waals surface area contributed by atoms with E-state index in [0.29, 0.717) is 35.7 Å². The smallest absolute Gasteiger partial charge is 0.251 e. The summed E-state index contributed by atoms with van der Waals surface area (Å²) in [5.74, 6) is 1.16. The zero-order valence-electron chi connectivity index (χ0n) is 22.7. The van der Waals surface area contributed by atoms with Gasteiger partial charge in [0.2, 0.25) is 5.89 Å². The average molecular weight is 587 g/mol. The summed E-state index contributed by atoms with van der Waals surface area (Å²) in [6.45, 7) is 2.51. The molecule has 1 heterocycles. The molecule has 206 valence electrons. The number of amides is 1. The maximum absolute atomic E-state index is 12.0. The van der Waals surface area contributed by atoms with Crippen molar-refractivity contribution in [1.29, 1.82) is 0 Å². The molecule has 1 saturated carbocycles. The number of nitrogens with zero attached hydrogens (tertiary/aromatic N) is 2. The van der Waals surface area contributed by atoms with E-state index in [-0.39, 0.29) is 28.8 Å². The number of aromatic nitrogens is 1. The quantitative estimate of drug-likeness (QED) is 0.264. The van der Waals surface area contributed by atoms with Gasteiger partial charge in [-0.15, -0.1) is 0 Å². The predicted octanol–water partition coefficient (Wildman–Crippen LogP) is 1.65. The van der Waals surface area contributed by atoms with E-state index in [1.807, 2.05) is 54.6 Å². The lowest BCUT2D eigenvalue weighted by atomic mass is 9.73. The fourth-order valence-electron chi connectivity index (χ4n) is 5.20. The first-order chi connectivity index (χ1) is 17.8. The van der Waals surface area contributed by atoms with Crippen molar-refractivity contribution in [3.8, 4) is 0 Å². The van der Waals surface area contributed by atoms with Crippen molar-refractivity contribution in [2.75, 3.05) is 34.3 Å². The summed E-state index contributed by atoms with van der Waals surface area (Å²) in [6.07, 6.45) is 7.16. The van der Waals surface area contributed by atoms with Gasteiger partial charge in [0.1, 0.15) is 13.1 Å². The molecule has 3 aromatic rings. The molecule has 0 unspecified atom stereocenters. The summed E-state index contributed by atoms with van der Waals surface area (Å²) >= 11 is 0. The van der Waals surface area contributed by atoms with E-state index < -0.39 is 5.60 Å². The van der Waals surface area contributed by atoms with Gasteiger partial charge in [0.25, 0.3) is 5.91 Å². The molecule has 2 aromatic carbocycles. The SMILES string of the molecule is CNC(=O)c1ccc(COCC[N+](C)(C)Cc2cnc([C@](O)(c3ccccc3)C3CCCCC3)o2)cc1.[Br-]. The summed E-state index contributed by atoms with van der Waals surface area (Å²) in [4.78, 5) is 16.3. The van der Waals surface area contributed by atoms with Crippen molar-refractivity contribution >= 4 is 5.91 Å². The van der Waals surface area contributed by atoms with Crippen LogP contribution in [0.5, 0.6) is 0 Å². The maximum atomic E-state index is 12.0. The number of ether oxygens (including phenoxy) is 1. The van der Waals surface area contributed by atoms with Gasteiger partial charge in [-0.25, -0.2) is 4.98 Å². The van der Waals surface area contributed by atoms with Gasteiger partial charge < -0.3 is 41.0 Å². The fraction of sp³-hybridized carbons (Fsp3) is 0.467. The summed E-state index contributed by atoms with van der Waals surface area (Å²) in [6, 6.07) is 17.3. The molecule has 0 bridgehead atoms. The molecule has 0 saturated heterocycles. The Kier molecular flexibility index (Phi) is 10.7. The maximum Gasteiger partial charge on any atom is 0.251 e. The van der Waals surface area contributed by atoms with Crippen LogP contribution in [0.2, 0.25) is 0 Å². The Morgan fingerprint density at radius 2 is 1.79 bits per heavy atom. The Labute approximate surface area is 236 Å². The molecule has 1 atom stereocenters. The van der Waals surface area contributed by atoms with Crippen LogP contribution in [-0.4, -0.2) is 54.8 Å². The molecule has 0 spiro atoms. The Morgan fingerprint density at radius 1 is 1.11 bits per heavy atom. The summed E-state index contributed by atoms with van der Waals surface area (Å²) in [5, 5.41) is 14.7. The second-order valence-electron chi connectivity index (χ2n) is 10.7. The Morgan fingerprint density at radius 3 is 2.45 bits per heavy atom. The molecule has 1 fully saturated rings. The van der Waals surface area contributed by atoms with Gasteiger partial charge in [-0.1, -0.05) is 61.7 Å². The average Bonchev–Trinajstić information content (AvgIpc) is 3.39. The van der Waals surface area contributed by atoms with Gasteiger partial charge in [-0.2, -0.15) is 0 Å². The number of oxazole rings is 1. The molecule has 38 heavy (non-hydrogen) atoms. The lowest BCUT2D eigenvalue weighted by Crippen LogP contribution is -3.00. The van der Waals surface area contributed by atoms with Crippen molar-refractivity contribution in [2.45, 2.75) is 50.9 Å². The largest absolute Gasteiger partial charge is 1.00 e. The third-order valence-electron chi connectivity index (χ3n) is 7.43. The number of benzene rings is 2. The minimum absolute atomic E-state index is 0. The highest BCUT2D eigenvalue weighted by atomic mass is 79.9. The number of aliphatic hydroxyl groups is 1. The number of hydrogen-bond acceptors (Lipinski definition) is 5. The van der Waals surface area contributed by atoms with Gasteiger partial charge >= 0.3 is 0 Å². The number of hydrogen-bond donors (Lipinski definition) is 2. The lowest BCUT2D eigenvalue weighted by Gasteiger charge is -2.36. The van der Waals surface area contributed by atoms with Gasteiger partial charge in [-0.3, -0.25) is 4.79 Å². The number of halogens is 1. The summed E-state index contributed by atoms with van der Waals surface area (Å²) < 4.78 is 12.8. The molecule has 0 radical (unpaired) electrons. The third kappa shape index (κ3) is 7.32. The monoisotopic (exact) mass is 585 g/mol. The fourth-order valence-corrected chi connectivity index (χ4v) is 5.20. The van der Waals surface area contributed by atoms with Crippen LogP contribution in [0.25, 0.3) is 0 Å². The first-order valence-electron chi connectivity index (χ1n) is 13.3. The highest BCUT2D eigenvalue weighted by molar-refractivity contribution is 5.93. The molecule has 1 amide bonds. The van der Waals surface area contributed by atoms with Crippen LogP contribution in [0, 0.1) is 5.92 Å². The van der Waals surface area contributed by atoms with Crippen molar-refractivity contribution < 1.29 is 40.5 Å². The van der Waals surface area contributed by atoms with E-state index in [1.54, 1.807) is 13.2 Å². The van der Waals surface area contributed by atoms with E-state index in [2.05, 4.69) is 24.4 Å². The second kappa shape index (κ2) is 13.5. The molecule has 1 aromatic heterocycles. The Bertz CT molecular complexity index is 1140. The highest BCUT2D eigenvalue weighted by Crippen LogP contribution is 2.43. The number of rotatable bonds is 11. The Hall–Kier alpha value is -2.52. The minimum Gasteiger partial charge on any atom is -1.00 e. The van der Waals surface area contributed by atoms with E-state index in [0.717, 1.165) is 49.1 Å². The number of carbonyl (C=O) groups excluding carboxylic acids is 1. The summed E-state index contributed by atoms with van der Waals surface area (Å²) in [5.41, 5.74) is 1.30. The molecule has 8 heteroatoms. The van der Waals surface area contributed by atoms with E-state index in [9.17, 15) is 9.90 Å². The molecular weight excluding hydrogens is 546 g/mol. The van der Waals surface area contributed by atoms with E-state index in [4.69, 9.17) is 9.15 Å². The predicted molar refractivity (Wildman–Crippen MR) is 143 cm³/mol. The zero-order chi connectivity index (χ0) is 26.3. The molecule has 2 N–H and O–H groups in total. The number of nitrogens with one attached hydrogen (secondary N) is 1. The topological polar surface area (TPSA) is 84.6 Å². The van der Waals surface area contributed by atoms with Crippen molar-refractivity contribution in [2.24, 2.45) is 5.92 Å². The van der Waals surface area contributed by atoms with Gasteiger partial charge in [0.05, 0.1) is 33.5 Å². The van der Waals surface area contributed by atoms with Crippen LogP contribution in [0.3, 0.4) is 0 Å². The van der Waals surface area contributed by atoms with Crippen LogP contribution in [0.1, 0.15) is 65.2 Å². The Balaban J connectivity index is 0.00000400. The number of likely N-dealkylation sites (N-methyl/N-ethyl adjacent to an activating group) is 1. The van der Waals surface area contributed by atoms with Crippen LogP contribution in [-0.2, 0) is 23.5 Å². The van der Waals surface area contributed by atoms with Crippen LogP contribution in [0.15, 0.2) is 65.2 Å². The van der Waals surface area contributed by atoms with Gasteiger partial charge in [0.15, 0.2) is 11.4 Å².